The topological polar surface area (TPSA) is 171 Å². The highest BCUT2D eigenvalue weighted by Gasteiger charge is 2.32. The van der Waals surface area contributed by atoms with Gasteiger partial charge in [0.2, 0.25) is 17.7 Å². The number of aliphatic hydroxyl groups excluding tert-OH is 1. The minimum absolute atomic E-state index is 0.0327. The fourth-order valence-corrected chi connectivity index (χ4v) is 2.93. The van der Waals surface area contributed by atoms with Gasteiger partial charge in [-0.2, -0.15) is 0 Å². The number of carbonyl (C=O) groups is 4. The van der Waals surface area contributed by atoms with Crippen LogP contribution < -0.4 is 21.7 Å². The second-order valence-corrected chi connectivity index (χ2v) is 7.77. The summed E-state index contributed by atoms with van der Waals surface area (Å²) in [4.78, 5) is 48.6. The number of aliphatic hydroxyl groups is 1. The zero-order chi connectivity index (χ0) is 23.6. The Morgan fingerprint density at radius 3 is 2.03 bits per heavy atom. The lowest BCUT2D eigenvalue weighted by Crippen LogP contribution is -2.59. The Bertz CT molecular complexity index is 753. The number of benzene rings is 1. The summed E-state index contributed by atoms with van der Waals surface area (Å²) in [6.45, 7) is 4.71. The third kappa shape index (κ3) is 9.14. The van der Waals surface area contributed by atoms with E-state index in [4.69, 9.17) is 5.73 Å². The standard InChI is InChI=1S/C21H32N4O6/c1-12(2)9-15(23-17(27)11-22)19(28)25-18(13(3)26)20(29)24-16(21(30)31)10-14-7-5-4-6-8-14/h4-8,12-13,15-16,18,26H,9-11,22H2,1-3H3,(H,23,27)(H,24,29)(H,25,28)(H,30,31). The molecule has 10 nitrogen and oxygen atoms in total. The first kappa shape index (κ1) is 26.1. The van der Waals surface area contributed by atoms with Crippen molar-refractivity contribution in [2.45, 2.75) is 57.8 Å². The molecule has 4 unspecified atom stereocenters. The zero-order valence-corrected chi connectivity index (χ0v) is 18.0. The molecule has 7 N–H and O–H groups in total. The second-order valence-electron chi connectivity index (χ2n) is 7.77. The molecule has 0 radical (unpaired) electrons. The lowest BCUT2D eigenvalue weighted by atomic mass is 10.0. The molecule has 0 saturated heterocycles. The summed E-state index contributed by atoms with van der Waals surface area (Å²) >= 11 is 0. The van der Waals surface area contributed by atoms with Crippen molar-refractivity contribution in [3.63, 3.8) is 0 Å². The fraction of sp³-hybridized carbons (Fsp3) is 0.524. The molecule has 4 atom stereocenters. The van der Waals surface area contributed by atoms with Crippen LogP contribution in [0, 0.1) is 5.92 Å². The first-order valence-corrected chi connectivity index (χ1v) is 10.1. The molecular formula is C21H32N4O6. The Balaban J connectivity index is 2.91. The van der Waals surface area contributed by atoms with Gasteiger partial charge in [-0.3, -0.25) is 14.4 Å². The minimum Gasteiger partial charge on any atom is -0.480 e. The fourth-order valence-electron chi connectivity index (χ4n) is 2.93. The highest BCUT2D eigenvalue weighted by molar-refractivity contribution is 5.94. The summed E-state index contributed by atoms with van der Waals surface area (Å²) in [5.74, 6) is -3.25. The maximum absolute atomic E-state index is 12.7. The van der Waals surface area contributed by atoms with E-state index in [0.717, 1.165) is 0 Å². The van der Waals surface area contributed by atoms with Crippen molar-refractivity contribution in [3.05, 3.63) is 35.9 Å². The maximum atomic E-state index is 12.7. The third-order valence-corrected chi connectivity index (χ3v) is 4.50. The highest BCUT2D eigenvalue weighted by Crippen LogP contribution is 2.08. The molecule has 0 spiro atoms. The lowest BCUT2D eigenvalue weighted by molar-refractivity contribution is -0.143. The van der Waals surface area contributed by atoms with Crippen LogP contribution in [-0.2, 0) is 25.6 Å². The number of carboxylic acids is 1. The van der Waals surface area contributed by atoms with Crippen molar-refractivity contribution in [2.24, 2.45) is 11.7 Å². The summed E-state index contributed by atoms with van der Waals surface area (Å²) < 4.78 is 0. The molecule has 172 valence electrons. The molecule has 0 bridgehead atoms. The summed E-state index contributed by atoms with van der Waals surface area (Å²) in [5, 5.41) is 26.8. The normalized spacial score (nSPS) is 14.8. The van der Waals surface area contributed by atoms with Crippen LogP contribution in [0.2, 0.25) is 0 Å². The Hall–Kier alpha value is -2.98. The number of hydrogen-bond acceptors (Lipinski definition) is 6. The monoisotopic (exact) mass is 436 g/mol. The summed E-state index contributed by atoms with van der Waals surface area (Å²) in [6.07, 6.45) is -0.984. The smallest absolute Gasteiger partial charge is 0.326 e. The van der Waals surface area contributed by atoms with Gasteiger partial charge in [0.25, 0.3) is 0 Å². The number of carboxylic acid groups (broad SMARTS) is 1. The van der Waals surface area contributed by atoms with Crippen molar-refractivity contribution >= 4 is 23.7 Å². The number of aliphatic carboxylic acids is 1. The van der Waals surface area contributed by atoms with Crippen LogP contribution in [0.1, 0.15) is 32.8 Å². The Kier molecular flexibility index (Phi) is 10.6. The molecule has 31 heavy (non-hydrogen) atoms. The van der Waals surface area contributed by atoms with Gasteiger partial charge in [0.15, 0.2) is 0 Å². The lowest BCUT2D eigenvalue weighted by Gasteiger charge is -2.26. The van der Waals surface area contributed by atoms with E-state index in [9.17, 15) is 29.4 Å². The van der Waals surface area contributed by atoms with E-state index in [1.54, 1.807) is 30.3 Å². The number of hydrogen-bond donors (Lipinski definition) is 6. The van der Waals surface area contributed by atoms with Gasteiger partial charge in [0.1, 0.15) is 18.1 Å². The van der Waals surface area contributed by atoms with E-state index >= 15 is 0 Å². The van der Waals surface area contributed by atoms with E-state index in [1.165, 1.54) is 6.92 Å². The van der Waals surface area contributed by atoms with Gasteiger partial charge >= 0.3 is 5.97 Å². The van der Waals surface area contributed by atoms with E-state index in [0.29, 0.717) is 5.56 Å². The molecule has 0 fully saturated rings. The van der Waals surface area contributed by atoms with Crippen LogP contribution in [0.3, 0.4) is 0 Å². The van der Waals surface area contributed by atoms with Crippen LogP contribution in [0.5, 0.6) is 0 Å². The first-order chi connectivity index (χ1) is 14.5. The van der Waals surface area contributed by atoms with Crippen molar-refractivity contribution < 1.29 is 29.4 Å². The third-order valence-electron chi connectivity index (χ3n) is 4.50. The van der Waals surface area contributed by atoms with E-state index < -0.39 is 47.9 Å². The molecule has 1 rings (SSSR count). The Morgan fingerprint density at radius 2 is 1.55 bits per heavy atom. The Morgan fingerprint density at radius 1 is 0.935 bits per heavy atom. The summed E-state index contributed by atoms with van der Waals surface area (Å²) in [5.41, 5.74) is 6.00. The molecule has 0 aromatic heterocycles. The van der Waals surface area contributed by atoms with Crippen molar-refractivity contribution in [1.82, 2.24) is 16.0 Å². The SMILES string of the molecule is CC(C)CC(NC(=O)CN)C(=O)NC(C(=O)NC(Cc1ccccc1)C(=O)O)C(C)O. The van der Waals surface area contributed by atoms with Gasteiger partial charge in [-0.25, -0.2) is 4.79 Å². The predicted molar refractivity (Wildman–Crippen MR) is 114 cm³/mol. The highest BCUT2D eigenvalue weighted by atomic mass is 16.4. The average Bonchev–Trinajstić information content (AvgIpc) is 2.70. The number of nitrogens with one attached hydrogen (secondary N) is 3. The first-order valence-electron chi connectivity index (χ1n) is 10.1. The second kappa shape index (κ2) is 12.7. The van der Waals surface area contributed by atoms with Gasteiger partial charge < -0.3 is 31.9 Å². The van der Waals surface area contributed by atoms with Gasteiger partial charge in [-0.1, -0.05) is 44.2 Å². The largest absolute Gasteiger partial charge is 0.480 e. The molecule has 0 aliphatic heterocycles. The number of carbonyl (C=O) groups excluding carboxylic acids is 3. The van der Waals surface area contributed by atoms with Crippen molar-refractivity contribution in [2.75, 3.05) is 6.54 Å². The summed E-state index contributed by atoms with van der Waals surface area (Å²) in [6, 6.07) is 5.13. The molecule has 3 amide bonds. The minimum atomic E-state index is -1.41. The quantitative estimate of drug-likeness (QED) is 0.248. The molecule has 1 aromatic carbocycles. The molecule has 0 saturated carbocycles. The van der Waals surface area contributed by atoms with E-state index in [-0.39, 0.29) is 25.3 Å². The van der Waals surface area contributed by atoms with Gasteiger partial charge in [0, 0.05) is 6.42 Å². The molecule has 0 aliphatic carbocycles. The summed E-state index contributed by atoms with van der Waals surface area (Å²) in [7, 11) is 0. The van der Waals surface area contributed by atoms with Gasteiger partial charge in [-0.15, -0.1) is 0 Å². The predicted octanol–water partition coefficient (Wildman–Crippen LogP) is -0.846. The number of amides is 3. The van der Waals surface area contributed by atoms with Gasteiger partial charge in [-0.05, 0) is 24.8 Å². The van der Waals surface area contributed by atoms with Crippen LogP contribution in [0.15, 0.2) is 30.3 Å². The van der Waals surface area contributed by atoms with Crippen LogP contribution >= 0.6 is 0 Å². The number of nitrogens with two attached hydrogens (primary N) is 1. The number of rotatable bonds is 12. The molecular weight excluding hydrogens is 404 g/mol. The van der Waals surface area contributed by atoms with Crippen LogP contribution in [-0.4, -0.2) is 64.7 Å². The van der Waals surface area contributed by atoms with Gasteiger partial charge in [0.05, 0.1) is 12.6 Å². The van der Waals surface area contributed by atoms with E-state index in [2.05, 4.69) is 16.0 Å². The van der Waals surface area contributed by atoms with Crippen molar-refractivity contribution in [3.8, 4) is 0 Å². The molecule has 0 aliphatic rings. The Labute approximate surface area is 181 Å². The average molecular weight is 437 g/mol. The molecule has 0 heterocycles. The van der Waals surface area contributed by atoms with Crippen molar-refractivity contribution in [1.29, 1.82) is 0 Å². The molecule has 10 heteroatoms. The maximum Gasteiger partial charge on any atom is 0.326 e. The van der Waals surface area contributed by atoms with Crippen LogP contribution in [0.25, 0.3) is 0 Å². The van der Waals surface area contributed by atoms with E-state index in [1.807, 2.05) is 13.8 Å². The zero-order valence-electron chi connectivity index (χ0n) is 18.0. The van der Waals surface area contributed by atoms with Crippen LogP contribution in [0.4, 0.5) is 0 Å². The molecule has 1 aromatic rings.